The molecule has 2 aromatic carbocycles. The molecule has 222 valence electrons. The first kappa shape index (κ1) is 30.5. The summed E-state index contributed by atoms with van der Waals surface area (Å²) in [4.78, 5) is 45.7. The first-order valence-electron chi connectivity index (χ1n) is 13.2. The van der Waals surface area contributed by atoms with Crippen molar-refractivity contribution in [3.8, 4) is 0 Å². The number of nitrogens with one attached hydrogen (secondary N) is 4. The van der Waals surface area contributed by atoms with Crippen LogP contribution in [0.5, 0.6) is 0 Å². The van der Waals surface area contributed by atoms with Gasteiger partial charge in [0.15, 0.2) is 0 Å². The van der Waals surface area contributed by atoms with E-state index in [1.165, 1.54) is 6.20 Å². The molecule has 1 atom stereocenters. The van der Waals surface area contributed by atoms with Crippen LogP contribution in [-0.2, 0) is 28.4 Å². The molecule has 13 heteroatoms. The Labute approximate surface area is 243 Å². The summed E-state index contributed by atoms with van der Waals surface area (Å²) in [6, 6.07) is 6.94. The van der Waals surface area contributed by atoms with Gasteiger partial charge in [-0.15, -0.1) is 0 Å². The van der Waals surface area contributed by atoms with Crippen molar-refractivity contribution in [3.63, 3.8) is 0 Å². The van der Waals surface area contributed by atoms with E-state index in [-0.39, 0.29) is 10.5 Å². The number of carbonyl (C=O) groups excluding carboxylic acids is 1. The van der Waals surface area contributed by atoms with E-state index in [0.717, 1.165) is 22.5 Å². The summed E-state index contributed by atoms with van der Waals surface area (Å²) < 4.78 is 30.0. The number of aryl methyl sites for hydroxylation is 6. The lowest BCUT2D eigenvalue weighted by molar-refractivity contribution is -0.138. The second kappa shape index (κ2) is 11.8. The second-order valence-corrected chi connectivity index (χ2v) is 12.1. The Bertz CT molecular complexity index is 1830. The van der Waals surface area contributed by atoms with Gasteiger partial charge in [0, 0.05) is 37.4 Å². The first-order valence-corrected chi connectivity index (χ1v) is 14.7. The molecule has 0 aliphatic carbocycles. The second-order valence-electron chi connectivity index (χ2n) is 10.4. The number of pyridine rings is 1. The van der Waals surface area contributed by atoms with Gasteiger partial charge >= 0.3 is 5.97 Å². The van der Waals surface area contributed by atoms with Crippen LogP contribution in [0, 0.1) is 34.6 Å². The number of benzene rings is 2. The van der Waals surface area contributed by atoms with Gasteiger partial charge in [-0.1, -0.05) is 23.8 Å². The Morgan fingerprint density at radius 1 is 1.07 bits per heavy atom. The number of carboxylic acids is 1. The van der Waals surface area contributed by atoms with E-state index >= 15 is 0 Å². The van der Waals surface area contributed by atoms with Crippen LogP contribution in [0.15, 0.2) is 46.2 Å². The molecule has 1 amide bonds. The minimum atomic E-state index is -4.23. The van der Waals surface area contributed by atoms with Crippen molar-refractivity contribution in [2.24, 2.45) is 7.05 Å². The number of fused-ring (bicyclic) bond motifs is 1. The molecule has 0 bridgehead atoms. The van der Waals surface area contributed by atoms with E-state index in [9.17, 15) is 27.9 Å². The number of aliphatic carboxylic acids is 1. The van der Waals surface area contributed by atoms with Crippen LogP contribution in [-0.4, -0.2) is 52.5 Å². The van der Waals surface area contributed by atoms with Crippen molar-refractivity contribution in [2.45, 2.75) is 52.1 Å². The van der Waals surface area contributed by atoms with E-state index in [1.54, 1.807) is 49.7 Å². The maximum atomic E-state index is 13.2. The van der Waals surface area contributed by atoms with Gasteiger partial charge in [-0.05, 0) is 63.4 Å². The smallest absolute Gasteiger partial charge is 0.323 e. The predicted octanol–water partition coefficient (Wildman–Crippen LogP) is 2.58. The van der Waals surface area contributed by atoms with E-state index in [4.69, 9.17) is 0 Å². The van der Waals surface area contributed by atoms with Gasteiger partial charge in [0.05, 0.1) is 16.1 Å². The number of sulfonamides is 1. The number of amides is 1. The number of nitrogens with zero attached hydrogens (tertiary/aromatic N) is 2. The molecule has 4 aromatic rings. The predicted molar refractivity (Wildman–Crippen MR) is 159 cm³/mol. The van der Waals surface area contributed by atoms with Crippen LogP contribution in [0.2, 0.25) is 0 Å². The summed E-state index contributed by atoms with van der Waals surface area (Å²) in [6.07, 6.45) is 1.37. The summed E-state index contributed by atoms with van der Waals surface area (Å²) >= 11 is 0. The van der Waals surface area contributed by atoms with Gasteiger partial charge in [0.25, 0.3) is 5.91 Å². The number of hydrogen-bond donors (Lipinski definition) is 5. The van der Waals surface area contributed by atoms with Crippen LogP contribution in [0.4, 0.5) is 5.95 Å². The third-order valence-corrected chi connectivity index (χ3v) is 8.80. The van der Waals surface area contributed by atoms with Crippen LogP contribution in [0.25, 0.3) is 10.9 Å². The molecule has 0 saturated heterocycles. The standard InChI is InChI=1S/C29H34N6O6S/c1-15-9-16(2)26(17(3)10-15)42(40,41)34-23(28(38)39)13-30-27(37)22-14-35(6)24-11-20(7-8-21(24)25(22)36)12-31-29-32-18(4)19(5)33-29/h7-11,14,23,34H,12-13H2,1-6H3,(H,30,37)(H,38,39)(H2,31,32,33). The average molecular weight is 595 g/mol. The zero-order chi connectivity index (χ0) is 30.9. The molecule has 0 fully saturated rings. The molecule has 2 heterocycles. The highest BCUT2D eigenvalue weighted by molar-refractivity contribution is 7.89. The Hall–Kier alpha value is -4.49. The molecule has 4 rings (SSSR count). The number of rotatable bonds is 10. The van der Waals surface area contributed by atoms with Gasteiger partial charge < -0.3 is 25.3 Å². The lowest BCUT2D eigenvalue weighted by atomic mass is 10.1. The maximum Gasteiger partial charge on any atom is 0.323 e. The van der Waals surface area contributed by atoms with Crippen molar-refractivity contribution < 1.29 is 23.1 Å². The van der Waals surface area contributed by atoms with Crippen LogP contribution >= 0.6 is 0 Å². The number of carbonyl (C=O) groups is 2. The Morgan fingerprint density at radius 3 is 2.33 bits per heavy atom. The van der Waals surface area contributed by atoms with Crippen molar-refractivity contribution in [2.75, 3.05) is 11.9 Å². The van der Waals surface area contributed by atoms with E-state index in [1.807, 2.05) is 26.8 Å². The van der Waals surface area contributed by atoms with Gasteiger partial charge in [0.1, 0.15) is 11.6 Å². The number of carboxylic acid groups (broad SMARTS) is 1. The summed E-state index contributed by atoms with van der Waals surface area (Å²) in [5.41, 5.74) is 4.43. The SMILES string of the molecule is Cc1cc(C)c(S(=O)(=O)NC(CNC(=O)c2cn(C)c3cc(CNc4nc(C)c(C)[nH]4)ccc3c2=O)C(=O)O)c(C)c1. The summed E-state index contributed by atoms with van der Waals surface area (Å²) in [7, 11) is -2.54. The monoisotopic (exact) mass is 594 g/mol. The van der Waals surface area contributed by atoms with E-state index < -0.39 is 39.9 Å². The Morgan fingerprint density at radius 2 is 1.74 bits per heavy atom. The Balaban J connectivity index is 1.51. The highest BCUT2D eigenvalue weighted by Gasteiger charge is 2.29. The topological polar surface area (TPSA) is 175 Å². The van der Waals surface area contributed by atoms with Gasteiger partial charge in [0.2, 0.25) is 21.4 Å². The lowest BCUT2D eigenvalue weighted by Crippen LogP contribution is -2.49. The average Bonchev–Trinajstić information content (AvgIpc) is 3.22. The highest BCUT2D eigenvalue weighted by Crippen LogP contribution is 2.22. The van der Waals surface area contributed by atoms with Gasteiger partial charge in [-0.3, -0.25) is 14.4 Å². The molecule has 0 aliphatic heterocycles. The van der Waals surface area contributed by atoms with Crippen molar-refractivity contribution >= 4 is 38.8 Å². The normalized spacial score (nSPS) is 12.3. The molecule has 2 aromatic heterocycles. The molecule has 1 unspecified atom stereocenters. The zero-order valence-corrected chi connectivity index (χ0v) is 25.1. The summed E-state index contributed by atoms with van der Waals surface area (Å²) in [5.74, 6) is -1.66. The number of imidazole rings is 1. The third kappa shape index (κ3) is 6.37. The number of hydrogen-bond acceptors (Lipinski definition) is 7. The third-order valence-electron chi connectivity index (χ3n) is 7.02. The fraction of sp³-hybridized carbons (Fsp3) is 0.310. The molecule has 0 aliphatic rings. The van der Waals surface area contributed by atoms with Gasteiger partial charge in [-0.25, -0.2) is 13.4 Å². The lowest BCUT2D eigenvalue weighted by Gasteiger charge is -2.18. The van der Waals surface area contributed by atoms with Crippen LogP contribution < -0.4 is 20.8 Å². The number of aromatic amines is 1. The molecule has 0 saturated carbocycles. The largest absolute Gasteiger partial charge is 0.480 e. The maximum absolute atomic E-state index is 13.2. The number of anilines is 1. The van der Waals surface area contributed by atoms with Crippen molar-refractivity contribution in [3.05, 3.63) is 86.0 Å². The molecular formula is C29H34N6O6S. The van der Waals surface area contributed by atoms with E-state index in [0.29, 0.717) is 34.5 Å². The number of aromatic nitrogens is 3. The molecule has 12 nitrogen and oxygen atoms in total. The summed E-state index contributed by atoms with van der Waals surface area (Å²) in [6.45, 7) is 8.80. The van der Waals surface area contributed by atoms with Crippen molar-refractivity contribution in [1.29, 1.82) is 0 Å². The highest BCUT2D eigenvalue weighted by atomic mass is 32.2. The molecule has 5 N–H and O–H groups in total. The zero-order valence-electron chi connectivity index (χ0n) is 24.2. The number of H-pyrrole nitrogens is 1. The van der Waals surface area contributed by atoms with Crippen molar-refractivity contribution in [1.82, 2.24) is 24.6 Å². The quantitative estimate of drug-likeness (QED) is 0.186. The first-order chi connectivity index (χ1) is 19.7. The summed E-state index contributed by atoms with van der Waals surface area (Å²) in [5, 5.41) is 15.6. The molecule has 42 heavy (non-hydrogen) atoms. The fourth-order valence-electron chi connectivity index (χ4n) is 4.92. The molecule has 0 radical (unpaired) electrons. The van der Waals surface area contributed by atoms with Crippen LogP contribution in [0.1, 0.15) is 44.0 Å². The molecular weight excluding hydrogens is 560 g/mol. The minimum absolute atomic E-state index is 0.0157. The van der Waals surface area contributed by atoms with Gasteiger partial charge in [-0.2, -0.15) is 4.72 Å². The van der Waals surface area contributed by atoms with E-state index in [2.05, 4.69) is 25.3 Å². The minimum Gasteiger partial charge on any atom is -0.480 e. The van der Waals surface area contributed by atoms with Crippen LogP contribution in [0.3, 0.4) is 0 Å². The Kier molecular flexibility index (Phi) is 8.55. The molecule has 0 spiro atoms. The fourth-order valence-corrected chi connectivity index (χ4v) is 6.57.